The molecule has 0 bridgehead atoms. The van der Waals surface area contributed by atoms with Crippen molar-refractivity contribution in [2.24, 2.45) is 0 Å². The summed E-state index contributed by atoms with van der Waals surface area (Å²) in [5, 5.41) is 2.06. The molecular weight excluding hydrogens is 671 g/mol. The van der Waals surface area contributed by atoms with Crippen LogP contribution in [0.2, 0.25) is 0 Å². The van der Waals surface area contributed by atoms with Gasteiger partial charge in [-0.05, 0) is 63.2 Å². The minimum atomic E-state index is 0.605. The van der Waals surface area contributed by atoms with Crippen molar-refractivity contribution in [3.63, 3.8) is 0 Å². The Balaban J connectivity index is 1.02. The van der Waals surface area contributed by atoms with Crippen LogP contribution in [0.15, 0.2) is 205 Å². The molecule has 0 spiro atoms. The number of aromatic nitrogens is 3. The summed E-state index contributed by atoms with van der Waals surface area (Å²) < 4.78 is 6.59. The number of nitrogens with zero attached hydrogens (tertiary/aromatic N) is 3. The number of hydrogen-bond donors (Lipinski definition) is 0. The van der Waals surface area contributed by atoms with Gasteiger partial charge in [0.15, 0.2) is 17.5 Å². The first-order valence-corrected chi connectivity index (χ1v) is 18.4. The molecule has 0 aliphatic carbocycles. The van der Waals surface area contributed by atoms with Gasteiger partial charge in [0.25, 0.3) is 0 Å². The Morgan fingerprint density at radius 1 is 0.273 bits per heavy atom. The van der Waals surface area contributed by atoms with E-state index in [4.69, 9.17) is 19.4 Å². The summed E-state index contributed by atoms with van der Waals surface area (Å²) in [5.74, 6) is 1.85. The molecule has 0 saturated carbocycles. The lowest BCUT2D eigenvalue weighted by molar-refractivity contribution is 0.670. The van der Waals surface area contributed by atoms with Crippen LogP contribution in [0.4, 0.5) is 0 Å². The standard InChI is InChI=1S/C51H33N3O/c1-4-12-34(13-5-1)36-22-24-37(25-23-36)38-26-28-39(29-27-38)44-20-11-21-45-46-33-43(30-31-47(46)55-48(44)45)51-53-49(40-16-8-3-9-17-40)52-50(54-51)42-19-10-18-41(32-42)35-14-6-2-7-15-35/h1-33H. The minimum Gasteiger partial charge on any atom is -0.455 e. The molecule has 4 nitrogen and oxygen atoms in total. The van der Waals surface area contributed by atoms with E-state index in [9.17, 15) is 0 Å². The van der Waals surface area contributed by atoms with Crippen molar-refractivity contribution in [2.75, 3.05) is 0 Å². The van der Waals surface area contributed by atoms with Crippen molar-refractivity contribution < 1.29 is 4.42 Å². The molecule has 8 aromatic carbocycles. The molecule has 0 fully saturated rings. The van der Waals surface area contributed by atoms with E-state index in [1.807, 2.05) is 54.6 Å². The number of furan rings is 1. The van der Waals surface area contributed by atoms with Gasteiger partial charge < -0.3 is 4.42 Å². The Morgan fingerprint density at radius 3 is 1.29 bits per heavy atom. The van der Waals surface area contributed by atoms with Crippen molar-refractivity contribution >= 4 is 21.9 Å². The average Bonchev–Trinajstić information content (AvgIpc) is 3.66. The molecule has 2 aromatic heterocycles. The van der Waals surface area contributed by atoms with Gasteiger partial charge in [-0.15, -0.1) is 0 Å². The summed E-state index contributed by atoms with van der Waals surface area (Å²) >= 11 is 0. The Labute approximate surface area is 319 Å². The highest BCUT2D eigenvalue weighted by atomic mass is 16.3. The molecule has 0 radical (unpaired) electrons. The number of hydrogen-bond acceptors (Lipinski definition) is 4. The van der Waals surface area contributed by atoms with Gasteiger partial charge in [-0.1, -0.05) is 176 Å². The van der Waals surface area contributed by atoms with Crippen molar-refractivity contribution in [2.45, 2.75) is 0 Å². The van der Waals surface area contributed by atoms with Crippen LogP contribution < -0.4 is 0 Å². The van der Waals surface area contributed by atoms with Gasteiger partial charge in [-0.3, -0.25) is 0 Å². The van der Waals surface area contributed by atoms with Gasteiger partial charge in [0, 0.05) is 33.0 Å². The van der Waals surface area contributed by atoms with Gasteiger partial charge in [0.1, 0.15) is 11.2 Å². The van der Waals surface area contributed by atoms with Gasteiger partial charge in [0.05, 0.1) is 0 Å². The Hall–Kier alpha value is -7.43. The largest absolute Gasteiger partial charge is 0.455 e. The maximum atomic E-state index is 6.59. The molecule has 258 valence electrons. The molecule has 2 heterocycles. The van der Waals surface area contributed by atoms with Crippen LogP contribution in [0.5, 0.6) is 0 Å². The maximum absolute atomic E-state index is 6.59. The first-order chi connectivity index (χ1) is 27.2. The van der Waals surface area contributed by atoms with Gasteiger partial charge in [-0.25, -0.2) is 15.0 Å². The highest BCUT2D eigenvalue weighted by Crippen LogP contribution is 2.38. The normalized spacial score (nSPS) is 11.3. The van der Waals surface area contributed by atoms with Crippen LogP contribution in [0.25, 0.3) is 101 Å². The third-order valence-corrected chi connectivity index (χ3v) is 10.2. The first kappa shape index (κ1) is 32.2. The second-order valence-corrected chi connectivity index (χ2v) is 13.6. The highest BCUT2D eigenvalue weighted by Gasteiger charge is 2.17. The molecular formula is C51H33N3O. The van der Waals surface area contributed by atoms with E-state index in [0.717, 1.165) is 60.9 Å². The van der Waals surface area contributed by atoms with Crippen LogP contribution in [0, 0.1) is 0 Å². The Morgan fingerprint density at radius 2 is 0.691 bits per heavy atom. The van der Waals surface area contributed by atoms with Crippen LogP contribution >= 0.6 is 0 Å². The van der Waals surface area contributed by atoms with Crippen LogP contribution in [0.1, 0.15) is 0 Å². The molecule has 0 atom stereocenters. The van der Waals surface area contributed by atoms with E-state index in [2.05, 4.69) is 146 Å². The molecule has 0 aliphatic heterocycles. The zero-order valence-corrected chi connectivity index (χ0v) is 29.8. The summed E-state index contributed by atoms with van der Waals surface area (Å²) in [4.78, 5) is 15.1. The Kier molecular flexibility index (Phi) is 8.12. The molecule has 4 heteroatoms. The molecule has 0 aliphatic rings. The maximum Gasteiger partial charge on any atom is 0.164 e. The number of benzene rings is 8. The summed E-state index contributed by atoms with van der Waals surface area (Å²) in [6.45, 7) is 0. The second-order valence-electron chi connectivity index (χ2n) is 13.6. The van der Waals surface area contributed by atoms with E-state index in [1.165, 1.54) is 22.3 Å². The van der Waals surface area contributed by atoms with E-state index in [1.54, 1.807) is 0 Å². The predicted octanol–water partition coefficient (Wildman–Crippen LogP) is 13.4. The summed E-state index contributed by atoms with van der Waals surface area (Å²) in [6, 6.07) is 69.3. The van der Waals surface area contributed by atoms with Gasteiger partial charge in [0.2, 0.25) is 0 Å². The summed E-state index contributed by atoms with van der Waals surface area (Å²) in [5.41, 5.74) is 13.6. The monoisotopic (exact) mass is 703 g/mol. The fourth-order valence-electron chi connectivity index (χ4n) is 7.31. The third kappa shape index (κ3) is 6.26. The number of rotatable bonds is 7. The van der Waals surface area contributed by atoms with E-state index < -0.39 is 0 Å². The topological polar surface area (TPSA) is 51.8 Å². The van der Waals surface area contributed by atoms with Crippen molar-refractivity contribution in [1.29, 1.82) is 0 Å². The molecule has 0 amide bonds. The average molecular weight is 704 g/mol. The predicted molar refractivity (Wildman–Crippen MR) is 225 cm³/mol. The van der Waals surface area contributed by atoms with Crippen LogP contribution in [-0.2, 0) is 0 Å². The lowest BCUT2D eigenvalue weighted by Gasteiger charge is -2.10. The fraction of sp³-hybridized carbons (Fsp3) is 0. The second kappa shape index (κ2) is 13.8. The fourth-order valence-corrected chi connectivity index (χ4v) is 7.31. The van der Waals surface area contributed by atoms with E-state index in [-0.39, 0.29) is 0 Å². The quantitative estimate of drug-likeness (QED) is 0.166. The van der Waals surface area contributed by atoms with Gasteiger partial charge >= 0.3 is 0 Å². The summed E-state index contributed by atoms with van der Waals surface area (Å²) in [7, 11) is 0. The Bertz CT molecular complexity index is 2940. The number of fused-ring (bicyclic) bond motifs is 3. The molecule has 10 aromatic rings. The minimum absolute atomic E-state index is 0.605. The lowest BCUT2D eigenvalue weighted by atomic mass is 9.97. The smallest absolute Gasteiger partial charge is 0.164 e. The zero-order valence-electron chi connectivity index (χ0n) is 29.8. The van der Waals surface area contributed by atoms with E-state index >= 15 is 0 Å². The highest BCUT2D eigenvalue weighted by molar-refractivity contribution is 6.10. The molecule has 0 unspecified atom stereocenters. The lowest BCUT2D eigenvalue weighted by Crippen LogP contribution is -2.00. The number of para-hydroxylation sites is 1. The van der Waals surface area contributed by atoms with Crippen molar-refractivity contribution in [3.8, 4) is 78.7 Å². The van der Waals surface area contributed by atoms with E-state index in [0.29, 0.717) is 17.5 Å². The molecule has 0 saturated heterocycles. The summed E-state index contributed by atoms with van der Waals surface area (Å²) in [6.07, 6.45) is 0. The first-order valence-electron chi connectivity index (χ1n) is 18.4. The third-order valence-electron chi connectivity index (χ3n) is 10.2. The van der Waals surface area contributed by atoms with Crippen molar-refractivity contribution in [1.82, 2.24) is 15.0 Å². The molecule has 10 rings (SSSR count). The SMILES string of the molecule is c1ccc(-c2ccc(-c3ccc(-c4cccc5c4oc4ccc(-c6nc(-c7ccccc7)nc(-c7cccc(-c8ccccc8)c7)n6)cc45)cc3)cc2)cc1. The van der Waals surface area contributed by atoms with Crippen molar-refractivity contribution in [3.05, 3.63) is 200 Å². The van der Waals surface area contributed by atoms with Crippen LogP contribution in [0.3, 0.4) is 0 Å². The zero-order chi connectivity index (χ0) is 36.6. The van der Waals surface area contributed by atoms with Crippen LogP contribution in [-0.4, -0.2) is 15.0 Å². The molecule has 55 heavy (non-hydrogen) atoms. The molecule has 0 N–H and O–H groups in total. The van der Waals surface area contributed by atoms with Gasteiger partial charge in [-0.2, -0.15) is 0 Å².